The summed E-state index contributed by atoms with van der Waals surface area (Å²) in [5.41, 5.74) is 0.506. The van der Waals surface area contributed by atoms with Crippen LogP contribution in [0.2, 0.25) is 0 Å². The third kappa shape index (κ3) is 4.34. The predicted octanol–water partition coefficient (Wildman–Crippen LogP) is 2.74. The van der Waals surface area contributed by atoms with Crippen molar-refractivity contribution in [3.8, 4) is 5.88 Å². The normalized spacial score (nSPS) is 19.1. The van der Waals surface area contributed by atoms with Crippen molar-refractivity contribution in [1.82, 2.24) is 14.8 Å². The molecule has 2 aliphatic heterocycles. The van der Waals surface area contributed by atoms with Gasteiger partial charge in [0.25, 0.3) is 5.91 Å². The molecule has 0 bridgehead atoms. The fourth-order valence-electron chi connectivity index (χ4n) is 3.85. The number of hydrogen-bond acceptors (Lipinski definition) is 4. The molecule has 3 rings (SSSR count). The standard InChI is InChI=1S/C20H29N3O3/c1-2-26-18-17(8-7-11-21-18)20(25)23-14-9-16(10-15-23)19(24)22-12-5-3-4-6-13-22/h7-8,11,16H,2-6,9-10,12-15H2,1H3. The molecule has 3 heterocycles. The third-order valence-corrected chi connectivity index (χ3v) is 5.33. The predicted molar refractivity (Wildman–Crippen MR) is 99.1 cm³/mol. The van der Waals surface area contributed by atoms with E-state index in [0.29, 0.717) is 31.1 Å². The van der Waals surface area contributed by atoms with Crippen LogP contribution in [-0.4, -0.2) is 59.4 Å². The molecular formula is C20H29N3O3. The molecule has 2 amide bonds. The monoisotopic (exact) mass is 359 g/mol. The van der Waals surface area contributed by atoms with Crippen molar-refractivity contribution in [3.05, 3.63) is 23.9 Å². The summed E-state index contributed by atoms with van der Waals surface area (Å²) in [4.78, 5) is 33.7. The van der Waals surface area contributed by atoms with Crippen molar-refractivity contribution in [2.24, 2.45) is 5.92 Å². The van der Waals surface area contributed by atoms with Gasteiger partial charge in [0.2, 0.25) is 11.8 Å². The van der Waals surface area contributed by atoms with E-state index in [-0.39, 0.29) is 17.7 Å². The Bertz CT molecular complexity index is 618. The molecule has 26 heavy (non-hydrogen) atoms. The minimum atomic E-state index is -0.0535. The minimum absolute atomic E-state index is 0.0532. The number of pyridine rings is 1. The molecule has 0 unspecified atom stereocenters. The second kappa shape index (κ2) is 9.01. The number of hydrogen-bond donors (Lipinski definition) is 0. The zero-order chi connectivity index (χ0) is 18.4. The number of rotatable bonds is 4. The second-order valence-electron chi connectivity index (χ2n) is 7.10. The molecule has 0 aliphatic carbocycles. The van der Waals surface area contributed by atoms with Crippen LogP contribution in [0.5, 0.6) is 5.88 Å². The Morgan fingerprint density at radius 1 is 1.08 bits per heavy atom. The zero-order valence-corrected chi connectivity index (χ0v) is 15.7. The van der Waals surface area contributed by atoms with Crippen LogP contribution in [0.1, 0.15) is 55.8 Å². The maximum atomic E-state index is 12.8. The molecule has 2 fully saturated rings. The molecule has 0 N–H and O–H groups in total. The molecule has 0 saturated carbocycles. The van der Waals surface area contributed by atoms with Crippen molar-refractivity contribution in [1.29, 1.82) is 0 Å². The average Bonchev–Trinajstić information content (AvgIpc) is 2.97. The minimum Gasteiger partial charge on any atom is -0.477 e. The highest BCUT2D eigenvalue weighted by molar-refractivity contribution is 5.96. The topological polar surface area (TPSA) is 62.7 Å². The number of carbonyl (C=O) groups is 2. The summed E-state index contributed by atoms with van der Waals surface area (Å²) in [6.07, 6.45) is 7.80. The van der Waals surface area contributed by atoms with E-state index in [2.05, 4.69) is 4.98 Å². The van der Waals surface area contributed by atoms with Gasteiger partial charge in [0.1, 0.15) is 5.56 Å². The lowest BCUT2D eigenvalue weighted by atomic mass is 9.94. The van der Waals surface area contributed by atoms with Crippen LogP contribution in [0.4, 0.5) is 0 Å². The van der Waals surface area contributed by atoms with Gasteiger partial charge >= 0.3 is 0 Å². The number of aromatic nitrogens is 1. The van der Waals surface area contributed by atoms with Crippen LogP contribution in [0, 0.1) is 5.92 Å². The van der Waals surface area contributed by atoms with Gasteiger partial charge in [-0.3, -0.25) is 9.59 Å². The summed E-state index contributed by atoms with van der Waals surface area (Å²) in [5.74, 6) is 0.679. The smallest absolute Gasteiger partial charge is 0.259 e. The van der Waals surface area contributed by atoms with Crippen molar-refractivity contribution in [2.75, 3.05) is 32.8 Å². The van der Waals surface area contributed by atoms with E-state index >= 15 is 0 Å². The van der Waals surface area contributed by atoms with Crippen LogP contribution in [-0.2, 0) is 4.79 Å². The highest BCUT2D eigenvalue weighted by atomic mass is 16.5. The van der Waals surface area contributed by atoms with Crippen LogP contribution in [0.25, 0.3) is 0 Å². The summed E-state index contributed by atoms with van der Waals surface area (Å²) < 4.78 is 5.48. The summed E-state index contributed by atoms with van der Waals surface area (Å²) in [6, 6.07) is 3.51. The van der Waals surface area contributed by atoms with Crippen LogP contribution >= 0.6 is 0 Å². The van der Waals surface area contributed by atoms with Crippen molar-refractivity contribution >= 4 is 11.8 Å². The molecule has 0 spiro atoms. The van der Waals surface area contributed by atoms with Crippen molar-refractivity contribution < 1.29 is 14.3 Å². The van der Waals surface area contributed by atoms with Gasteiger partial charge in [-0.05, 0) is 44.7 Å². The molecule has 2 aliphatic rings. The van der Waals surface area contributed by atoms with Gasteiger partial charge in [-0.2, -0.15) is 0 Å². The number of carbonyl (C=O) groups excluding carboxylic acids is 2. The molecule has 0 atom stereocenters. The maximum Gasteiger partial charge on any atom is 0.259 e. The third-order valence-electron chi connectivity index (χ3n) is 5.33. The molecule has 6 heteroatoms. The van der Waals surface area contributed by atoms with Gasteiger partial charge in [-0.1, -0.05) is 12.8 Å². The molecule has 0 aromatic carbocycles. The number of nitrogens with zero attached hydrogens (tertiary/aromatic N) is 3. The van der Waals surface area contributed by atoms with E-state index in [4.69, 9.17) is 4.74 Å². The maximum absolute atomic E-state index is 12.8. The van der Waals surface area contributed by atoms with Gasteiger partial charge in [-0.25, -0.2) is 4.98 Å². The quantitative estimate of drug-likeness (QED) is 0.829. The van der Waals surface area contributed by atoms with Gasteiger partial charge in [-0.15, -0.1) is 0 Å². The van der Waals surface area contributed by atoms with E-state index in [1.54, 1.807) is 18.3 Å². The number of ether oxygens (including phenoxy) is 1. The van der Waals surface area contributed by atoms with Gasteiger partial charge < -0.3 is 14.5 Å². The largest absolute Gasteiger partial charge is 0.477 e. The number of piperidine rings is 1. The Balaban J connectivity index is 1.58. The first kappa shape index (κ1) is 18.7. The Hall–Kier alpha value is -2.11. The Kier molecular flexibility index (Phi) is 6.47. The highest BCUT2D eigenvalue weighted by Crippen LogP contribution is 2.24. The van der Waals surface area contributed by atoms with Gasteiger partial charge in [0.05, 0.1) is 6.61 Å². The van der Waals surface area contributed by atoms with E-state index in [1.807, 2.05) is 16.7 Å². The molecule has 1 aromatic heterocycles. The first-order valence-electron chi connectivity index (χ1n) is 9.86. The Labute approximate surface area is 155 Å². The molecular weight excluding hydrogens is 330 g/mol. The van der Waals surface area contributed by atoms with Crippen molar-refractivity contribution in [2.45, 2.75) is 45.4 Å². The van der Waals surface area contributed by atoms with Gasteiger partial charge in [0, 0.05) is 38.3 Å². The lowest BCUT2D eigenvalue weighted by Crippen LogP contribution is -2.44. The lowest BCUT2D eigenvalue weighted by Gasteiger charge is -2.34. The highest BCUT2D eigenvalue weighted by Gasteiger charge is 2.31. The van der Waals surface area contributed by atoms with Crippen LogP contribution < -0.4 is 4.74 Å². The van der Waals surface area contributed by atoms with Gasteiger partial charge in [0.15, 0.2) is 0 Å². The zero-order valence-electron chi connectivity index (χ0n) is 15.7. The van der Waals surface area contributed by atoms with E-state index < -0.39 is 0 Å². The second-order valence-corrected chi connectivity index (χ2v) is 7.10. The molecule has 142 valence electrons. The van der Waals surface area contributed by atoms with Crippen LogP contribution in [0.15, 0.2) is 18.3 Å². The average molecular weight is 359 g/mol. The first-order chi connectivity index (χ1) is 12.7. The van der Waals surface area contributed by atoms with Crippen LogP contribution in [0.3, 0.4) is 0 Å². The SMILES string of the molecule is CCOc1ncccc1C(=O)N1CCC(C(=O)N2CCCCCC2)CC1. The summed E-state index contributed by atoms with van der Waals surface area (Å²) in [5, 5.41) is 0. The summed E-state index contributed by atoms with van der Waals surface area (Å²) >= 11 is 0. The summed E-state index contributed by atoms with van der Waals surface area (Å²) in [6.45, 7) is 5.37. The molecule has 1 aromatic rings. The molecule has 6 nitrogen and oxygen atoms in total. The number of amides is 2. The lowest BCUT2D eigenvalue weighted by molar-refractivity contribution is -0.136. The van der Waals surface area contributed by atoms with E-state index in [9.17, 15) is 9.59 Å². The van der Waals surface area contributed by atoms with Crippen molar-refractivity contribution in [3.63, 3.8) is 0 Å². The first-order valence-corrected chi connectivity index (χ1v) is 9.86. The Morgan fingerprint density at radius 2 is 1.77 bits per heavy atom. The Morgan fingerprint density at radius 3 is 2.42 bits per heavy atom. The van der Waals surface area contributed by atoms with E-state index in [1.165, 1.54) is 12.8 Å². The fraction of sp³-hybridized carbons (Fsp3) is 0.650. The molecule has 0 radical (unpaired) electrons. The molecule has 2 saturated heterocycles. The summed E-state index contributed by atoms with van der Waals surface area (Å²) in [7, 11) is 0. The van der Waals surface area contributed by atoms with E-state index in [0.717, 1.165) is 38.8 Å². The fourth-order valence-corrected chi connectivity index (χ4v) is 3.85. The number of likely N-dealkylation sites (tertiary alicyclic amines) is 2.